The molecule has 3 rings (SSSR count). The number of nitrogens with zero attached hydrogens (tertiary/aromatic N) is 1. The Hall–Kier alpha value is -2.11. The molecule has 0 heterocycles. The Morgan fingerprint density at radius 1 is 1.08 bits per heavy atom. The highest BCUT2D eigenvalue weighted by Crippen LogP contribution is 2.31. The average molecular weight is 510 g/mol. The predicted molar refractivity (Wildman–Crippen MR) is 152 cm³/mol. The Balaban J connectivity index is 1.81. The zero-order valence-corrected chi connectivity index (χ0v) is 23.4. The minimum Gasteiger partial charge on any atom is -0.469 e. The molecule has 5 heteroatoms. The van der Waals surface area contributed by atoms with E-state index in [-0.39, 0.29) is 18.2 Å². The topological polar surface area (TPSA) is 46.6 Å². The third-order valence-corrected chi connectivity index (χ3v) is 8.20. The van der Waals surface area contributed by atoms with Gasteiger partial charge in [-0.25, -0.2) is 0 Å². The summed E-state index contributed by atoms with van der Waals surface area (Å²) in [6, 6.07) is 14.5. The zero-order chi connectivity index (χ0) is 25.9. The fourth-order valence-electron chi connectivity index (χ4n) is 5.36. The van der Waals surface area contributed by atoms with Gasteiger partial charge in [-0.1, -0.05) is 68.5 Å². The summed E-state index contributed by atoms with van der Waals surface area (Å²) in [7, 11) is 3.60. The summed E-state index contributed by atoms with van der Waals surface area (Å²) in [4.78, 5) is 28.3. The molecule has 0 aliphatic heterocycles. The van der Waals surface area contributed by atoms with E-state index in [2.05, 4.69) is 43.1 Å². The van der Waals surface area contributed by atoms with E-state index in [1.807, 2.05) is 24.5 Å². The second kappa shape index (κ2) is 14.6. The first-order chi connectivity index (χ1) is 17.4. The van der Waals surface area contributed by atoms with Crippen molar-refractivity contribution >= 4 is 23.5 Å². The van der Waals surface area contributed by atoms with Crippen LogP contribution in [0.15, 0.2) is 42.5 Å². The zero-order valence-electron chi connectivity index (χ0n) is 22.6. The Kier molecular flexibility index (Phi) is 11.5. The van der Waals surface area contributed by atoms with Crippen LogP contribution >= 0.6 is 11.8 Å². The summed E-state index contributed by atoms with van der Waals surface area (Å²) < 4.78 is 5.00. The highest BCUT2D eigenvalue weighted by molar-refractivity contribution is 7.98. The Labute approximate surface area is 222 Å². The first-order valence-corrected chi connectivity index (χ1v) is 14.8. The normalized spacial score (nSPS) is 15.1. The summed E-state index contributed by atoms with van der Waals surface area (Å²) in [5.74, 6) is 0.986. The molecule has 1 aliphatic carbocycles. The number of carbonyl (C=O) groups excluding carboxylic acids is 2. The molecule has 2 aromatic carbocycles. The number of esters is 1. The molecule has 1 aliphatic rings. The number of thioether (sulfide) groups is 1. The van der Waals surface area contributed by atoms with E-state index < -0.39 is 5.92 Å². The van der Waals surface area contributed by atoms with Crippen molar-refractivity contribution in [3.8, 4) is 11.1 Å². The molecule has 196 valence electrons. The van der Waals surface area contributed by atoms with E-state index in [0.29, 0.717) is 12.0 Å². The van der Waals surface area contributed by atoms with Gasteiger partial charge in [-0.05, 0) is 79.6 Å². The van der Waals surface area contributed by atoms with Gasteiger partial charge < -0.3 is 9.64 Å². The molecule has 0 bridgehead atoms. The summed E-state index contributed by atoms with van der Waals surface area (Å²) in [6.07, 6.45) is 11.0. The molecule has 4 nitrogen and oxygen atoms in total. The van der Waals surface area contributed by atoms with E-state index in [9.17, 15) is 9.59 Å². The number of rotatable bonds is 13. The average Bonchev–Trinajstić information content (AvgIpc) is 2.90. The summed E-state index contributed by atoms with van der Waals surface area (Å²) in [6.45, 7) is 4.04. The van der Waals surface area contributed by atoms with Crippen LogP contribution in [0, 0.1) is 18.8 Å². The molecule has 0 spiro atoms. The smallest absolute Gasteiger partial charge is 0.309 e. The lowest BCUT2D eigenvalue weighted by atomic mass is 9.87. The number of Topliss-reactive ketones (excluding diaryl/α,β-unsaturated/α-hetero) is 1. The van der Waals surface area contributed by atoms with Crippen molar-refractivity contribution < 1.29 is 14.3 Å². The van der Waals surface area contributed by atoms with Gasteiger partial charge in [0.1, 0.15) is 0 Å². The predicted octanol–water partition coefficient (Wildman–Crippen LogP) is 7.18. The molecule has 36 heavy (non-hydrogen) atoms. The van der Waals surface area contributed by atoms with Crippen LogP contribution in [0.5, 0.6) is 0 Å². The van der Waals surface area contributed by atoms with Crippen molar-refractivity contribution in [1.82, 2.24) is 4.90 Å². The first kappa shape index (κ1) is 28.5. The maximum Gasteiger partial charge on any atom is 0.309 e. The van der Waals surface area contributed by atoms with Gasteiger partial charge in [0.15, 0.2) is 5.78 Å². The van der Waals surface area contributed by atoms with Crippen LogP contribution in [0.25, 0.3) is 11.1 Å². The van der Waals surface area contributed by atoms with E-state index in [1.165, 1.54) is 51.2 Å². The molecular weight excluding hydrogens is 466 g/mol. The molecule has 0 N–H and O–H groups in total. The fourth-order valence-corrected chi connectivity index (χ4v) is 5.88. The number of aryl methyl sites for hydroxylation is 1. The van der Waals surface area contributed by atoms with Crippen LogP contribution < -0.4 is 0 Å². The second-order valence-electron chi connectivity index (χ2n) is 10.4. The monoisotopic (exact) mass is 509 g/mol. The molecule has 1 fully saturated rings. The minimum absolute atomic E-state index is 0.00181. The van der Waals surface area contributed by atoms with Crippen LogP contribution in [-0.2, 0) is 16.1 Å². The number of ether oxygens (including phenoxy) is 1. The third kappa shape index (κ3) is 8.21. The number of benzene rings is 2. The molecule has 1 unspecified atom stereocenters. The van der Waals surface area contributed by atoms with E-state index in [1.54, 1.807) is 11.8 Å². The van der Waals surface area contributed by atoms with Crippen molar-refractivity contribution in [2.24, 2.45) is 11.8 Å². The Morgan fingerprint density at radius 3 is 2.53 bits per heavy atom. The maximum absolute atomic E-state index is 13.5. The van der Waals surface area contributed by atoms with Crippen LogP contribution in [0.1, 0.15) is 72.9 Å². The summed E-state index contributed by atoms with van der Waals surface area (Å²) in [5.41, 5.74) is 5.08. The molecule has 0 saturated heterocycles. The number of hydrogen-bond donors (Lipinski definition) is 0. The van der Waals surface area contributed by atoms with Crippen molar-refractivity contribution in [3.63, 3.8) is 0 Å². The second-order valence-corrected chi connectivity index (χ2v) is 11.3. The van der Waals surface area contributed by atoms with Gasteiger partial charge in [-0.2, -0.15) is 11.8 Å². The third-order valence-electron chi connectivity index (χ3n) is 7.55. The van der Waals surface area contributed by atoms with Gasteiger partial charge in [0, 0.05) is 18.5 Å². The van der Waals surface area contributed by atoms with Crippen molar-refractivity contribution in [1.29, 1.82) is 0 Å². The van der Waals surface area contributed by atoms with Gasteiger partial charge in [-0.3, -0.25) is 9.59 Å². The van der Waals surface area contributed by atoms with Crippen molar-refractivity contribution in [2.75, 3.05) is 32.7 Å². The van der Waals surface area contributed by atoms with Crippen molar-refractivity contribution in [2.45, 2.75) is 64.8 Å². The number of methoxy groups -OCH3 is 1. The summed E-state index contributed by atoms with van der Waals surface area (Å²) in [5, 5.41) is 0. The molecule has 0 amide bonds. The van der Waals surface area contributed by atoms with Gasteiger partial charge in [-0.15, -0.1) is 0 Å². The van der Waals surface area contributed by atoms with Gasteiger partial charge >= 0.3 is 5.97 Å². The highest BCUT2D eigenvalue weighted by atomic mass is 32.2. The number of carbonyl (C=O) groups is 2. The highest BCUT2D eigenvalue weighted by Gasteiger charge is 2.25. The van der Waals surface area contributed by atoms with Gasteiger partial charge in [0.25, 0.3) is 0 Å². The standard InChI is InChI=1S/C31H43NO3S/c1-23-10-8-9-13-27(23)29-20-25(22-32(2)18-16-24-11-6-5-7-12-24)14-15-28(29)30(33)21-26(17-19-36-4)31(34)35-3/h8-10,13-15,20,24,26H,5-7,11-12,16-19,21-22H2,1-4H3. The largest absolute Gasteiger partial charge is 0.469 e. The van der Waals surface area contributed by atoms with Crippen LogP contribution in [0.4, 0.5) is 0 Å². The fraction of sp³-hybridized carbons (Fsp3) is 0.548. The quantitative estimate of drug-likeness (QED) is 0.211. The Morgan fingerprint density at radius 2 is 1.83 bits per heavy atom. The lowest BCUT2D eigenvalue weighted by molar-refractivity contribution is -0.145. The molecule has 1 saturated carbocycles. The molecule has 0 radical (unpaired) electrons. The molecule has 2 aromatic rings. The van der Waals surface area contributed by atoms with Crippen LogP contribution in [-0.4, -0.2) is 49.4 Å². The first-order valence-electron chi connectivity index (χ1n) is 13.4. The van der Waals surface area contributed by atoms with Crippen LogP contribution in [0.2, 0.25) is 0 Å². The lowest BCUT2D eigenvalue weighted by Gasteiger charge is -2.25. The van der Waals surface area contributed by atoms with Crippen LogP contribution in [0.3, 0.4) is 0 Å². The summed E-state index contributed by atoms with van der Waals surface area (Å²) >= 11 is 1.68. The number of ketones is 1. The van der Waals surface area contributed by atoms with Gasteiger partial charge in [0.05, 0.1) is 13.0 Å². The van der Waals surface area contributed by atoms with Gasteiger partial charge in [0.2, 0.25) is 0 Å². The van der Waals surface area contributed by atoms with Crippen molar-refractivity contribution in [3.05, 3.63) is 59.2 Å². The Bertz CT molecular complexity index is 999. The molecular formula is C31H43NO3S. The SMILES string of the molecule is COC(=O)C(CCSC)CC(=O)c1ccc(CN(C)CCC2CCCCC2)cc1-c1ccccc1C. The van der Waals surface area contributed by atoms with E-state index in [4.69, 9.17) is 4.74 Å². The minimum atomic E-state index is -0.412. The van der Waals surface area contributed by atoms with E-state index >= 15 is 0 Å². The molecule has 0 aromatic heterocycles. The number of hydrogen-bond acceptors (Lipinski definition) is 5. The maximum atomic E-state index is 13.5. The lowest BCUT2D eigenvalue weighted by Crippen LogP contribution is -2.22. The molecule has 1 atom stereocenters. The van der Waals surface area contributed by atoms with E-state index in [0.717, 1.165) is 41.5 Å².